The molecule has 6 aromatic rings. The average Bonchev–Trinajstić information content (AvgIpc) is 2.94. The van der Waals surface area contributed by atoms with Gasteiger partial charge in [-0.05, 0) is 68.4 Å². The lowest BCUT2D eigenvalue weighted by Crippen LogP contribution is -1.93. The maximum atomic E-state index is 3.65. The van der Waals surface area contributed by atoms with Gasteiger partial charge in [0.25, 0.3) is 0 Å². The highest BCUT2D eigenvalue weighted by atomic mass is 14.9. The second-order valence-electron chi connectivity index (χ2n) is 8.72. The largest absolute Gasteiger partial charge is 0.355 e. The van der Waals surface area contributed by atoms with Gasteiger partial charge in [-0.15, -0.1) is 0 Å². The molecule has 166 valence electrons. The Hall–Kier alpha value is -4.62. The lowest BCUT2D eigenvalue weighted by Gasteiger charge is -2.15. The molecule has 0 atom stereocenters. The van der Waals surface area contributed by atoms with Crippen LogP contribution in [0.3, 0.4) is 0 Å². The molecule has 0 radical (unpaired) electrons. The van der Waals surface area contributed by atoms with Crippen LogP contribution >= 0.6 is 0 Å². The summed E-state index contributed by atoms with van der Waals surface area (Å²) in [6.45, 7) is 0. The third kappa shape index (κ3) is 4.32. The molecule has 1 N–H and O–H groups in total. The fourth-order valence-electron chi connectivity index (χ4n) is 4.76. The number of benzene rings is 6. The minimum absolute atomic E-state index is 1.07. The molecule has 0 bridgehead atoms. The summed E-state index contributed by atoms with van der Waals surface area (Å²) in [6.07, 6.45) is 0. The van der Waals surface area contributed by atoms with Gasteiger partial charge >= 0.3 is 0 Å². The van der Waals surface area contributed by atoms with E-state index in [0.717, 1.165) is 11.4 Å². The van der Waals surface area contributed by atoms with Crippen molar-refractivity contribution in [2.45, 2.75) is 0 Å². The summed E-state index contributed by atoms with van der Waals surface area (Å²) in [7, 11) is 0. The van der Waals surface area contributed by atoms with E-state index in [1.54, 1.807) is 0 Å². The summed E-state index contributed by atoms with van der Waals surface area (Å²) >= 11 is 0. The highest BCUT2D eigenvalue weighted by Crippen LogP contribution is 2.36. The van der Waals surface area contributed by atoms with E-state index in [9.17, 15) is 0 Å². The molecule has 1 heteroatoms. The van der Waals surface area contributed by atoms with Gasteiger partial charge in [0.15, 0.2) is 0 Å². The molecule has 0 saturated heterocycles. The van der Waals surface area contributed by atoms with Crippen LogP contribution in [0.2, 0.25) is 0 Å². The van der Waals surface area contributed by atoms with Crippen LogP contribution in [0.1, 0.15) is 0 Å². The van der Waals surface area contributed by atoms with Crippen LogP contribution in [0, 0.1) is 0 Å². The van der Waals surface area contributed by atoms with Crippen LogP contribution in [0.25, 0.3) is 44.2 Å². The Morgan fingerprint density at radius 1 is 0.343 bits per heavy atom. The SMILES string of the molecule is c1ccc(-c2ccc(Nc3cccc(-c4cccc5ccccc45)c3)cc2-c2ccccc2)cc1. The Morgan fingerprint density at radius 3 is 1.74 bits per heavy atom. The number of hydrogen-bond acceptors (Lipinski definition) is 1. The average molecular weight is 448 g/mol. The standard InChI is InChI=1S/C34H25N/c1-3-11-25(12-4-1)33-22-21-30(24-34(33)27-13-5-2-6-14-27)35-29-18-9-17-28(23-29)32-20-10-16-26-15-7-8-19-31(26)32/h1-24,35H. The van der Waals surface area contributed by atoms with Crippen LogP contribution in [-0.4, -0.2) is 0 Å². The molecule has 0 saturated carbocycles. The third-order valence-corrected chi connectivity index (χ3v) is 6.44. The Kier molecular flexibility index (Phi) is 5.58. The molecule has 1 nitrogen and oxygen atoms in total. The Labute approximate surface area is 206 Å². The van der Waals surface area contributed by atoms with Gasteiger partial charge < -0.3 is 5.32 Å². The maximum absolute atomic E-state index is 3.65. The van der Waals surface area contributed by atoms with Crippen molar-refractivity contribution in [2.24, 2.45) is 0 Å². The zero-order valence-corrected chi connectivity index (χ0v) is 19.4. The van der Waals surface area contributed by atoms with E-state index in [-0.39, 0.29) is 0 Å². The summed E-state index contributed by atoms with van der Waals surface area (Å²) < 4.78 is 0. The first kappa shape index (κ1) is 20.9. The third-order valence-electron chi connectivity index (χ3n) is 6.44. The predicted octanol–water partition coefficient (Wildman–Crippen LogP) is 9.58. The molecule has 6 rings (SSSR count). The van der Waals surface area contributed by atoms with E-state index < -0.39 is 0 Å². The van der Waals surface area contributed by atoms with Crippen LogP contribution in [-0.2, 0) is 0 Å². The van der Waals surface area contributed by atoms with Crippen LogP contribution in [0.4, 0.5) is 11.4 Å². The molecule has 0 aliphatic heterocycles. The van der Waals surface area contributed by atoms with E-state index in [1.807, 2.05) is 0 Å². The van der Waals surface area contributed by atoms with Crippen molar-refractivity contribution in [1.29, 1.82) is 0 Å². The Morgan fingerprint density at radius 2 is 0.943 bits per heavy atom. The van der Waals surface area contributed by atoms with Gasteiger partial charge in [0.1, 0.15) is 0 Å². The molecule has 0 heterocycles. The Balaban J connectivity index is 1.39. The van der Waals surface area contributed by atoms with E-state index >= 15 is 0 Å². The molecule has 0 aliphatic rings. The summed E-state index contributed by atoms with van der Waals surface area (Å²) in [5.41, 5.74) is 9.46. The highest BCUT2D eigenvalue weighted by molar-refractivity contribution is 5.97. The lowest BCUT2D eigenvalue weighted by atomic mass is 9.94. The normalized spacial score (nSPS) is 10.9. The minimum atomic E-state index is 1.07. The molecule has 0 fully saturated rings. The van der Waals surface area contributed by atoms with Crippen molar-refractivity contribution in [3.05, 3.63) is 146 Å². The maximum Gasteiger partial charge on any atom is 0.0390 e. The molecule has 0 aliphatic carbocycles. The molecule has 0 unspecified atom stereocenters. The van der Waals surface area contributed by atoms with E-state index in [4.69, 9.17) is 0 Å². The van der Waals surface area contributed by atoms with Gasteiger partial charge in [0, 0.05) is 11.4 Å². The first-order chi connectivity index (χ1) is 17.3. The van der Waals surface area contributed by atoms with Crippen molar-refractivity contribution >= 4 is 22.1 Å². The zero-order valence-electron chi connectivity index (χ0n) is 19.4. The topological polar surface area (TPSA) is 12.0 Å². The van der Waals surface area contributed by atoms with Crippen LogP contribution in [0.5, 0.6) is 0 Å². The van der Waals surface area contributed by atoms with Gasteiger partial charge in [0.05, 0.1) is 0 Å². The number of anilines is 2. The van der Waals surface area contributed by atoms with E-state index in [2.05, 4.69) is 151 Å². The van der Waals surface area contributed by atoms with Crippen molar-refractivity contribution in [1.82, 2.24) is 0 Å². The van der Waals surface area contributed by atoms with Crippen LogP contribution < -0.4 is 5.32 Å². The first-order valence-corrected chi connectivity index (χ1v) is 12.0. The first-order valence-electron chi connectivity index (χ1n) is 12.0. The molecule has 0 amide bonds. The summed E-state index contributed by atoms with van der Waals surface area (Å²) in [5, 5.41) is 6.18. The molecule has 35 heavy (non-hydrogen) atoms. The second-order valence-corrected chi connectivity index (χ2v) is 8.72. The number of rotatable bonds is 5. The van der Waals surface area contributed by atoms with Gasteiger partial charge in [-0.2, -0.15) is 0 Å². The van der Waals surface area contributed by atoms with E-state index in [0.29, 0.717) is 0 Å². The zero-order chi connectivity index (χ0) is 23.5. The van der Waals surface area contributed by atoms with Crippen molar-refractivity contribution in [3.8, 4) is 33.4 Å². The number of hydrogen-bond donors (Lipinski definition) is 1. The molecule has 0 aromatic heterocycles. The smallest absolute Gasteiger partial charge is 0.0390 e. The summed E-state index contributed by atoms with van der Waals surface area (Å²) in [4.78, 5) is 0. The fourth-order valence-corrected chi connectivity index (χ4v) is 4.76. The predicted molar refractivity (Wildman–Crippen MR) is 150 cm³/mol. The van der Waals surface area contributed by atoms with Crippen LogP contribution in [0.15, 0.2) is 146 Å². The molecular weight excluding hydrogens is 422 g/mol. The highest BCUT2D eigenvalue weighted by Gasteiger charge is 2.10. The summed E-state index contributed by atoms with van der Waals surface area (Å²) in [6, 6.07) is 51.5. The monoisotopic (exact) mass is 447 g/mol. The Bertz CT molecular complexity index is 1600. The second kappa shape index (κ2) is 9.32. The summed E-state index contributed by atoms with van der Waals surface area (Å²) in [5.74, 6) is 0. The quantitative estimate of drug-likeness (QED) is 0.277. The van der Waals surface area contributed by atoms with Gasteiger partial charge in [-0.1, -0.05) is 121 Å². The minimum Gasteiger partial charge on any atom is -0.355 e. The van der Waals surface area contributed by atoms with Gasteiger partial charge in [0.2, 0.25) is 0 Å². The fraction of sp³-hybridized carbons (Fsp3) is 0. The lowest BCUT2D eigenvalue weighted by molar-refractivity contribution is 1.52. The van der Waals surface area contributed by atoms with Crippen molar-refractivity contribution < 1.29 is 0 Å². The number of fused-ring (bicyclic) bond motifs is 1. The van der Waals surface area contributed by atoms with Crippen molar-refractivity contribution in [2.75, 3.05) is 5.32 Å². The molecule has 0 spiro atoms. The number of nitrogens with one attached hydrogen (secondary N) is 1. The van der Waals surface area contributed by atoms with Crippen molar-refractivity contribution in [3.63, 3.8) is 0 Å². The molecular formula is C34H25N. The van der Waals surface area contributed by atoms with E-state index in [1.165, 1.54) is 44.2 Å². The van der Waals surface area contributed by atoms with Gasteiger partial charge in [-0.3, -0.25) is 0 Å². The molecule has 6 aromatic carbocycles. The van der Waals surface area contributed by atoms with Gasteiger partial charge in [-0.25, -0.2) is 0 Å².